The molecule has 0 amide bonds. The third-order valence-electron chi connectivity index (χ3n) is 1.96. The van der Waals surface area contributed by atoms with Crippen molar-refractivity contribution in [3.05, 3.63) is 47.5 Å². The van der Waals surface area contributed by atoms with Gasteiger partial charge in [-0.15, -0.1) is 11.8 Å². The molecule has 0 bridgehead atoms. The highest BCUT2D eigenvalue weighted by molar-refractivity contribution is 7.98. The molecule has 2 aromatic rings. The molecule has 2 heterocycles. The molecule has 2 N–H and O–H groups in total. The lowest BCUT2D eigenvalue weighted by molar-refractivity contribution is 1.17. The first kappa shape index (κ1) is 11.2. The van der Waals surface area contributed by atoms with Gasteiger partial charge in [0.1, 0.15) is 5.15 Å². The van der Waals surface area contributed by atoms with Crippen molar-refractivity contribution in [2.24, 2.45) is 0 Å². The maximum absolute atomic E-state index is 5.80. The first-order valence-electron chi connectivity index (χ1n) is 4.69. The number of halogens is 1. The van der Waals surface area contributed by atoms with E-state index in [-0.39, 0.29) is 0 Å². The van der Waals surface area contributed by atoms with Gasteiger partial charge in [0.25, 0.3) is 0 Å². The smallest absolute Gasteiger partial charge is 0.129 e. The number of nitrogens with zero attached hydrogens (tertiary/aromatic N) is 2. The monoisotopic (exact) mass is 251 g/mol. The number of hydrogen-bond donors (Lipinski definition) is 1. The molecule has 2 rings (SSSR count). The predicted molar refractivity (Wildman–Crippen MR) is 67.5 cm³/mol. The van der Waals surface area contributed by atoms with Crippen molar-refractivity contribution in [1.29, 1.82) is 0 Å². The van der Waals surface area contributed by atoms with Gasteiger partial charge >= 0.3 is 0 Å². The molecule has 0 aromatic carbocycles. The van der Waals surface area contributed by atoms with Crippen LogP contribution in [0.2, 0.25) is 5.15 Å². The summed E-state index contributed by atoms with van der Waals surface area (Å²) in [6, 6.07) is 7.48. The Balaban J connectivity index is 2.05. The Hall–Kier alpha value is -1.26. The van der Waals surface area contributed by atoms with Crippen molar-refractivity contribution >= 4 is 29.1 Å². The van der Waals surface area contributed by atoms with Crippen LogP contribution >= 0.6 is 23.4 Å². The minimum Gasteiger partial charge on any atom is -0.397 e. The zero-order chi connectivity index (χ0) is 11.4. The maximum atomic E-state index is 5.80. The van der Waals surface area contributed by atoms with Crippen molar-refractivity contribution in [3.8, 4) is 0 Å². The van der Waals surface area contributed by atoms with Crippen LogP contribution in [0.5, 0.6) is 0 Å². The number of aromatic nitrogens is 2. The number of pyridine rings is 2. The van der Waals surface area contributed by atoms with E-state index in [4.69, 9.17) is 17.3 Å². The summed E-state index contributed by atoms with van der Waals surface area (Å²) in [6.45, 7) is 0. The van der Waals surface area contributed by atoms with Crippen LogP contribution in [-0.4, -0.2) is 9.97 Å². The number of nitrogens with two attached hydrogens (primary N) is 1. The lowest BCUT2D eigenvalue weighted by Crippen LogP contribution is -1.91. The highest BCUT2D eigenvalue weighted by Crippen LogP contribution is 2.26. The molecule has 82 valence electrons. The quantitative estimate of drug-likeness (QED) is 0.673. The van der Waals surface area contributed by atoms with E-state index in [0.717, 1.165) is 16.3 Å². The molecule has 0 aliphatic rings. The van der Waals surface area contributed by atoms with Crippen molar-refractivity contribution in [3.63, 3.8) is 0 Å². The van der Waals surface area contributed by atoms with Crippen LogP contribution in [0.3, 0.4) is 0 Å². The zero-order valence-corrected chi connectivity index (χ0v) is 10.0. The van der Waals surface area contributed by atoms with Crippen LogP contribution in [-0.2, 0) is 5.75 Å². The first-order valence-corrected chi connectivity index (χ1v) is 6.06. The van der Waals surface area contributed by atoms with Gasteiger partial charge in [-0.25, -0.2) is 4.98 Å². The molecule has 0 aliphatic heterocycles. The minimum atomic E-state index is 0.515. The molecule has 0 unspecified atom stereocenters. The Bertz CT molecular complexity index is 490. The molecule has 0 saturated heterocycles. The summed E-state index contributed by atoms with van der Waals surface area (Å²) < 4.78 is 0. The molecule has 2 aromatic heterocycles. The normalized spacial score (nSPS) is 10.3. The van der Waals surface area contributed by atoms with Gasteiger partial charge in [0.15, 0.2) is 0 Å². The van der Waals surface area contributed by atoms with Gasteiger partial charge in [0, 0.05) is 16.8 Å². The van der Waals surface area contributed by atoms with Gasteiger partial charge in [-0.3, -0.25) is 4.98 Å². The molecule has 0 aliphatic carbocycles. The van der Waals surface area contributed by atoms with E-state index in [9.17, 15) is 0 Å². The van der Waals surface area contributed by atoms with Crippen LogP contribution in [0.4, 0.5) is 5.69 Å². The average molecular weight is 252 g/mol. The topological polar surface area (TPSA) is 51.8 Å². The van der Waals surface area contributed by atoms with Crippen LogP contribution in [0.15, 0.2) is 41.6 Å². The van der Waals surface area contributed by atoms with E-state index >= 15 is 0 Å². The standard InChI is InChI=1S/C11H10ClN3S/c12-11-3-1-2-8(15-11)7-16-10-4-5-14-6-9(10)13/h1-6H,7,13H2. The lowest BCUT2D eigenvalue weighted by atomic mass is 10.4. The lowest BCUT2D eigenvalue weighted by Gasteiger charge is -2.04. The van der Waals surface area contributed by atoms with Crippen LogP contribution in [0.1, 0.15) is 5.69 Å². The summed E-state index contributed by atoms with van der Waals surface area (Å²) in [6.07, 6.45) is 3.37. The maximum Gasteiger partial charge on any atom is 0.129 e. The van der Waals surface area contributed by atoms with E-state index in [1.165, 1.54) is 0 Å². The Morgan fingerprint density at radius 3 is 2.94 bits per heavy atom. The fourth-order valence-corrected chi connectivity index (χ4v) is 2.23. The summed E-state index contributed by atoms with van der Waals surface area (Å²) in [5.41, 5.74) is 7.41. The molecule has 3 nitrogen and oxygen atoms in total. The van der Waals surface area contributed by atoms with Crippen molar-refractivity contribution in [2.75, 3.05) is 5.73 Å². The molecule has 0 radical (unpaired) electrons. The van der Waals surface area contributed by atoms with Crippen LogP contribution < -0.4 is 5.73 Å². The Morgan fingerprint density at radius 2 is 2.19 bits per heavy atom. The molecule has 16 heavy (non-hydrogen) atoms. The van der Waals surface area contributed by atoms with Gasteiger partial charge in [0.05, 0.1) is 17.6 Å². The molecule has 0 fully saturated rings. The minimum absolute atomic E-state index is 0.515. The number of thioether (sulfide) groups is 1. The molecule has 5 heteroatoms. The largest absolute Gasteiger partial charge is 0.397 e. The van der Waals surface area contributed by atoms with Crippen molar-refractivity contribution < 1.29 is 0 Å². The van der Waals surface area contributed by atoms with Gasteiger partial charge in [-0.1, -0.05) is 17.7 Å². The Labute approximate surface area is 103 Å². The fraction of sp³-hybridized carbons (Fsp3) is 0.0909. The summed E-state index contributed by atoms with van der Waals surface area (Å²) in [7, 11) is 0. The number of nitrogen functional groups attached to an aromatic ring is 1. The van der Waals surface area contributed by atoms with E-state index in [0.29, 0.717) is 10.8 Å². The van der Waals surface area contributed by atoms with Gasteiger partial charge < -0.3 is 5.73 Å². The second-order valence-corrected chi connectivity index (χ2v) is 4.56. The first-order chi connectivity index (χ1) is 7.75. The second kappa shape index (κ2) is 5.18. The second-order valence-electron chi connectivity index (χ2n) is 3.15. The van der Waals surface area contributed by atoms with Crippen LogP contribution in [0.25, 0.3) is 0 Å². The highest BCUT2D eigenvalue weighted by atomic mass is 35.5. The summed E-state index contributed by atoms with van der Waals surface area (Å²) in [4.78, 5) is 9.16. The van der Waals surface area contributed by atoms with Gasteiger partial charge in [0.2, 0.25) is 0 Å². The van der Waals surface area contributed by atoms with Gasteiger partial charge in [-0.2, -0.15) is 0 Å². The summed E-state index contributed by atoms with van der Waals surface area (Å²) >= 11 is 7.43. The summed E-state index contributed by atoms with van der Waals surface area (Å²) in [5.74, 6) is 0.745. The third kappa shape index (κ3) is 2.87. The molecular weight excluding hydrogens is 242 g/mol. The SMILES string of the molecule is Nc1cnccc1SCc1cccc(Cl)n1. The Morgan fingerprint density at radius 1 is 1.31 bits per heavy atom. The molecular formula is C11H10ClN3S. The highest BCUT2D eigenvalue weighted by Gasteiger charge is 2.01. The Kier molecular flexibility index (Phi) is 3.64. The van der Waals surface area contributed by atoms with Crippen LogP contribution in [0, 0.1) is 0 Å². The van der Waals surface area contributed by atoms with Crippen molar-refractivity contribution in [2.45, 2.75) is 10.6 Å². The van der Waals surface area contributed by atoms with E-state index in [2.05, 4.69) is 9.97 Å². The number of hydrogen-bond acceptors (Lipinski definition) is 4. The number of rotatable bonds is 3. The number of anilines is 1. The molecule has 0 atom stereocenters. The molecule has 0 spiro atoms. The van der Waals surface area contributed by atoms with E-state index in [1.807, 2.05) is 18.2 Å². The van der Waals surface area contributed by atoms with Gasteiger partial charge in [-0.05, 0) is 18.2 Å². The molecule has 0 saturated carbocycles. The zero-order valence-electron chi connectivity index (χ0n) is 8.43. The van der Waals surface area contributed by atoms with E-state index in [1.54, 1.807) is 30.2 Å². The average Bonchev–Trinajstić information content (AvgIpc) is 2.28. The third-order valence-corrected chi connectivity index (χ3v) is 3.29. The summed E-state index contributed by atoms with van der Waals surface area (Å²) in [5, 5.41) is 0.515. The van der Waals surface area contributed by atoms with E-state index < -0.39 is 0 Å². The fourth-order valence-electron chi connectivity index (χ4n) is 1.21. The predicted octanol–water partition coefficient (Wildman–Crippen LogP) is 3.00. The van der Waals surface area contributed by atoms with Crippen molar-refractivity contribution in [1.82, 2.24) is 9.97 Å².